The molecule has 1 fully saturated rings. The third kappa shape index (κ3) is 5.05. The van der Waals surface area contributed by atoms with Crippen LogP contribution in [0.2, 0.25) is 0 Å². The van der Waals surface area contributed by atoms with Gasteiger partial charge in [-0.25, -0.2) is 0 Å². The van der Waals surface area contributed by atoms with Crippen LogP contribution in [0, 0.1) is 13.8 Å². The Kier molecular flexibility index (Phi) is 6.60. The smallest absolute Gasteiger partial charge is 0.0273 e. The minimum absolute atomic E-state index is 0.856. The van der Waals surface area contributed by atoms with Gasteiger partial charge in [0.25, 0.3) is 0 Å². The summed E-state index contributed by atoms with van der Waals surface area (Å²) in [5.74, 6) is 0.856. The molecular weight excluding hydrogens is 314 g/mol. The van der Waals surface area contributed by atoms with Crippen LogP contribution in [0.4, 0.5) is 0 Å². The summed E-state index contributed by atoms with van der Waals surface area (Å²) in [6.45, 7) is 4.33. The lowest BCUT2D eigenvalue weighted by Crippen LogP contribution is -2.05. The molecule has 1 heteroatoms. The molecule has 0 saturated heterocycles. The molecule has 1 saturated carbocycles. The number of rotatable bonds is 2. The lowest BCUT2D eigenvalue weighted by Gasteiger charge is -2.23. The van der Waals surface area contributed by atoms with Gasteiger partial charge in [0, 0.05) is 12.4 Å². The normalized spacial score (nSPS) is 14.4. The minimum atomic E-state index is 0.856. The van der Waals surface area contributed by atoms with E-state index < -0.39 is 0 Å². The molecule has 0 unspecified atom stereocenters. The number of aryl methyl sites for hydroxylation is 2. The predicted octanol–water partition coefficient (Wildman–Crippen LogP) is 7.10. The summed E-state index contributed by atoms with van der Waals surface area (Å²) in [6, 6.07) is 21.4. The maximum absolute atomic E-state index is 3.99. The molecule has 26 heavy (non-hydrogen) atoms. The molecule has 0 bridgehead atoms. The molecule has 0 amide bonds. The first-order valence-electron chi connectivity index (χ1n) is 9.76. The van der Waals surface area contributed by atoms with Crippen molar-refractivity contribution in [2.75, 3.05) is 0 Å². The lowest BCUT2D eigenvalue weighted by atomic mass is 9.82. The van der Waals surface area contributed by atoms with E-state index in [1.165, 1.54) is 54.4 Å². The van der Waals surface area contributed by atoms with Crippen molar-refractivity contribution in [1.82, 2.24) is 4.98 Å². The van der Waals surface area contributed by atoms with E-state index in [9.17, 15) is 0 Å². The first-order chi connectivity index (χ1) is 12.7. The minimum Gasteiger partial charge on any atom is -0.265 e. The van der Waals surface area contributed by atoms with Crippen molar-refractivity contribution in [2.24, 2.45) is 0 Å². The lowest BCUT2D eigenvalue weighted by molar-refractivity contribution is 0.442. The van der Waals surface area contributed by atoms with Crippen molar-refractivity contribution in [3.8, 4) is 11.1 Å². The number of nitrogens with zero attached hydrogens (tertiary/aromatic N) is 1. The highest BCUT2D eigenvalue weighted by atomic mass is 14.6. The summed E-state index contributed by atoms with van der Waals surface area (Å²) in [7, 11) is 0. The van der Waals surface area contributed by atoms with Gasteiger partial charge in [-0.15, -0.1) is 0 Å². The fourth-order valence-electron chi connectivity index (χ4n) is 3.75. The SMILES string of the molecule is Cc1ccc(-c2ccncc2)cc1.Cc1ccccc1C1CCCCC1. The first-order valence-corrected chi connectivity index (χ1v) is 9.76. The molecule has 1 heterocycles. The third-order valence-electron chi connectivity index (χ3n) is 5.30. The molecule has 0 N–H and O–H groups in total. The molecule has 0 radical (unpaired) electrons. The van der Waals surface area contributed by atoms with Crippen molar-refractivity contribution in [2.45, 2.75) is 51.9 Å². The summed E-state index contributed by atoms with van der Waals surface area (Å²) in [5, 5.41) is 0. The highest BCUT2D eigenvalue weighted by Gasteiger charge is 2.16. The van der Waals surface area contributed by atoms with Crippen LogP contribution in [0.5, 0.6) is 0 Å². The van der Waals surface area contributed by atoms with Crippen LogP contribution < -0.4 is 0 Å². The first kappa shape index (κ1) is 18.4. The highest BCUT2D eigenvalue weighted by molar-refractivity contribution is 5.62. The van der Waals surface area contributed by atoms with Crippen molar-refractivity contribution in [3.05, 3.63) is 89.7 Å². The monoisotopic (exact) mass is 343 g/mol. The molecule has 3 aromatic rings. The van der Waals surface area contributed by atoms with Gasteiger partial charge < -0.3 is 0 Å². The molecular formula is C25H29N. The number of hydrogen-bond acceptors (Lipinski definition) is 1. The van der Waals surface area contributed by atoms with E-state index in [2.05, 4.69) is 67.4 Å². The van der Waals surface area contributed by atoms with E-state index >= 15 is 0 Å². The maximum Gasteiger partial charge on any atom is 0.0273 e. The summed E-state index contributed by atoms with van der Waals surface area (Å²) in [5.41, 5.74) is 6.83. The van der Waals surface area contributed by atoms with E-state index in [0.717, 1.165) is 5.92 Å². The Morgan fingerprint density at radius 1 is 0.692 bits per heavy atom. The van der Waals surface area contributed by atoms with Gasteiger partial charge >= 0.3 is 0 Å². The van der Waals surface area contributed by atoms with Crippen molar-refractivity contribution < 1.29 is 0 Å². The molecule has 1 nitrogen and oxygen atoms in total. The van der Waals surface area contributed by atoms with E-state index in [-0.39, 0.29) is 0 Å². The summed E-state index contributed by atoms with van der Waals surface area (Å²) in [6.07, 6.45) is 10.8. The van der Waals surface area contributed by atoms with Gasteiger partial charge in [0.05, 0.1) is 0 Å². The van der Waals surface area contributed by atoms with E-state index in [1.54, 1.807) is 5.56 Å². The van der Waals surface area contributed by atoms with Crippen LogP contribution in [0.1, 0.15) is 54.7 Å². The molecule has 4 rings (SSSR count). The van der Waals surface area contributed by atoms with E-state index in [1.807, 2.05) is 24.5 Å². The highest BCUT2D eigenvalue weighted by Crippen LogP contribution is 2.33. The Morgan fingerprint density at radius 2 is 1.31 bits per heavy atom. The zero-order valence-corrected chi connectivity index (χ0v) is 16.0. The van der Waals surface area contributed by atoms with Crippen LogP contribution in [0.15, 0.2) is 73.1 Å². The fraction of sp³-hybridized carbons (Fsp3) is 0.320. The zero-order valence-electron chi connectivity index (χ0n) is 16.0. The average molecular weight is 344 g/mol. The Labute approximate surface area is 158 Å². The molecule has 0 spiro atoms. The van der Waals surface area contributed by atoms with Crippen molar-refractivity contribution in [3.63, 3.8) is 0 Å². The quantitative estimate of drug-likeness (QED) is 0.483. The van der Waals surface area contributed by atoms with Crippen LogP contribution in [-0.2, 0) is 0 Å². The van der Waals surface area contributed by atoms with Crippen LogP contribution >= 0.6 is 0 Å². The summed E-state index contributed by atoms with van der Waals surface area (Å²) < 4.78 is 0. The van der Waals surface area contributed by atoms with Crippen LogP contribution in [0.25, 0.3) is 11.1 Å². The van der Waals surface area contributed by atoms with Crippen molar-refractivity contribution >= 4 is 0 Å². The second kappa shape index (κ2) is 9.33. The molecule has 1 aliphatic rings. The van der Waals surface area contributed by atoms with E-state index in [0.29, 0.717) is 0 Å². The largest absolute Gasteiger partial charge is 0.265 e. The summed E-state index contributed by atoms with van der Waals surface area (Å²) in [4.78, 5) is 3.99. The number of aromatic nitrogens is 1. The second-order valence-corrected chi connectivity index (χ2v) is 7.29. The molecule has 1 aromatic heterocycles. The maximum atomic E-state index is 3.99. The standard InChI is InChI=1S/C13H18.C12H11N/c1-11-7-5-6-10-13(11)12-8-3-2-4-9-12;1-10-2-4-11(5-3-10)12-6-8-13-9-7-12/h5-7,10,12H,2-4,8-9H2,1H3;2-9H,1H3. The van der Waals surface area contributed by atoms with Gasteiger partial charge in [-0.05, 0) is 67.0 Å². The zero-order chi connectivity index (χ0) is 18.2. The molecule has 2 aromatic carbocycles. The number of pyridine rings is 1. The van der Waals surface area contributed by atoms with Crippen molar-refractivity contribution in [1.29, 1.82) is 0 Å². The molecule has 0 atom stereocenters. The van der Waals surface area contributed by atoms with Gasteiger partial charge in [-0.1, -0.05) is 73.4 Å². The third-order valence-corrected chi connectivity index (χ3v) is 5.30. The van der Waals surface area contributed by atoms with E-state index in [4.69, 9.17) is 0 Å². The Balaban J connectivity index is 0.000000151. The topological polar surface area (TPSA) is 12.9 Å². The fourth-order valence-corrected chi connectivity index (χ4v) is 3.75. The van der Waals surface area contributed by atoms with Crippen LogP contribution in [-0.4, -0.2) is 4.98 Å². The van der Waals surface area contributed by atoms with Gasteiger partial charge in [-0.3, -0.25) is 4.98 Å². The Hall–Kier alpha value is -2.41. The molecule has 0 aliphatic heterocycles. The van der Waals surface area contributed by atoms with Gasteiger partial charge in [-0.2, -0.15) is 0 Å². The Bertz CT molecular complexity index is 784. The predicted molar refractivity (Wildman–Crippen MR) is 111 cm³/mol. The van der Waals surface area contributed by atoms with Gasteiger partial charge in [0.1, 0.15) is 0 Å². The molecule has 1 aliphatic carbocycles. The summed E-state index contributed by atoms with van der Waals surface area (Å²) >= 11 is 0. The van der Waals surface area contributed by atoms with Crippen LogP contribution in [0.3, 0.4) is 0 Å². The van der Waals surface area contributed by atoms with Gasteiger partial charge in [0.2, 0.25) is 0 Å². The average Bonchev–Trinajstić information content (AvgIpc) is 2.71. The van der Waals surface area contributed by atoms with Gasteiger partial charge in [0.15, 0.2) is 0 Å². The number of hydrogen-bond donors (Lipinski definition) is 0. The number of benzene rings is 2. The Morgan fingerprint density at radius 3 is 1.96 bits per heavy atom. The molecule has 134 valence electrons. The second-order valence-electron chi connectivity index (χ2n) is 7.29.